The number of carbonyl (C=O) groups excluding carboxylic acids is 2. The molecule has 7 N–H and O–H groups in total. The Morgan fingerprint density at radius 2 is 1.88 bits per heavy atom. The number of amides is 1. The van der Waals surface area contributed by atoms with E-state index in [0.29, 0.717) is 44.6 Å². The average Bonchev–Trinajstić information content (AvgIpc) is 3.01. The molecule has 2 rings (SSSR count). The van der Waals surface area contributed by atoms with Crippen molar-refractivity contribution in [3.63, 3.8) is 0 Å². The predicted octanol–water partition coefficient (Wildman–Crippen LogP) is -0.162. The first-order valence-corrected chi connectivity index (χ1v) is 13.4. The number of ether oxygens (including phenoxy) is 5. The summed E-state index contributed by atoms with van der Waals surface area (Å²) in [5, 5.41) is 31.0. The van der Waals surface area contributed by atoms with Gasteiger partial charge in [0.15, 0.2) is 6.10 Å². The molecule has 0 radical (unpaired) electrons. The van der Waals surface area contributed by atoms with E-state index in [9.17, 15) is 23.9 Å². The molecule has 1 aromatic carbocycles. The lowest BCUT2D eigenvalue weighted by Crippen LogP contribution is -2.42. The maximum atomic E-state index is 13.0. The summed E-state index contributed by atoms with van der Waals surface area (Å²) in [4.78, 5) is 32.9. The van der Waals surface area contributed by atoms with E-state index in [0.717, 1.165) is 12.8 Å². The maximum Gasteiger partial charge on any atom is 0.333 e. The zero-order valence-electron chi connectivity index (χ0n) is 24.5. The summed E-state index contributed by atoms with van der Waals surface area (Å²) in [7, 11) is 2.72. The van der Waals surface area contributed by atoms with E-state index in [1.54, 1.807) is 25.2 Å². The second-order valence-electron chi connectivity index (χ2n) is 8.65. The van der Waals surface area contributed by atoms with E-state index in [1.165, 1.54) is 0 Å². The van der Waals surface area contributed by atoms with Gasteiger partial charge in [-0.2, -0.15) is 0 Å². The van der Waals surface area contributed by atoms with Crippen LogP contribution in [0.3, 0.4) is 0 Å². The van der Waals surface area contributed by atoms with Gasteiger partial charge in [0.1, 0.15) is 31.9 Å². The molecule has 14 nitrogen and oxygen atoms in total. The smallest absolute Gasteiger partial charge is 0.333 e. The summed E-state index contributed by atoms with van der Waals surface area (Å²) in [6.45, 7) is 1.23. The second-order valence-corrected chi connectivity index (χ2v) is 8.65. The normalized spacial score (nSPS) is 17.9. The number of aliphatic hydroxyl groups is 2. The summed E-state index contributed by atoms with van der Waals surface area (Å²) < 4.78 is 39.1. The number of aldehydes is 1. The maximum absolute atomic E-state index is 13.0. The Balaban J connectivity index is 0.000000777. The van der Waals surface area contributed by atoms with E-state index >= 15 is 0 Å². The molecule has 0 spiro atoms. The van der Waals surface area contributed by atoms with Crippen LogP contribution in [0.2, 0.25) is 0 Å². The van der Waals surface area contributed by atoms with Crippen molar-refractivity contribution in [2.24, 2.45) is 5.73 Å². The molecule has 1 aliphatic heterocycles. The van der Waals surface area contributed by atoms with E-state index in [1.807, 2.05) is 0 Å². The summed E-state index contributed by atoms with van der Waals surface area (Å²) in [5.74, 6) is 1.11. The van der Waals surface area contributed by atoms with Crippen molar-refractivity contribution in [2.75, 3.05) is 65.7 Å². The van der Waals surface area contributed by atoms with Crippen LogP contribution in [0.1, 0.15) is 24.8 Å². The highest BCUT2D eigenvalue weighted by molar-refractivity contribution is 5.80. The third-order valence-electron chi connectivity index (χ3n) is 5.44. The summed E-state index contributed by atoms with van der Waals surface area (Å²) in [6, 6.07) is 4.34. The van der Waals surface area contributed by atoms with Crippen molar-refractivity contribution < 1.29 is 57.8 Å². The molecule has 1 aromatic rings. The third-order valence-corrected chi connectivity index (χ3v) is 5.44. The van der Waals surface area contributed by atoms with Crippen LogP contribution in [-0.2, 0) is 40.0 Å². The standard InChI is InChI=1S/C14H18FNO5.C13H22N2O5.CH4O/c1-16-9-2-3-11(8(4-9)7-15)20-13-6-10(17)5-12(21-13)14(18)19;1-2-5-18-6-7-19-8-9-20-11-13(17)15-12(10-16)3-4-14;1-2/h2-4,10,12-13,16-17H,5-7H2,1H3,(H,18,19);1,10,12H,3-9,11,14H2,(H,15,17);2H,1H3. The molecule has 0 bridgehead atoms. The topological polar surface area (TPSA) is 208 Å². The van der Waals surface area contributed by atoms with E-state index in [-0.39, 0.29) is 44.3 Å². The van der Waals surface area contributed by atoms with Crippen LogP contribution in [0.4, 0.5) is 10.1 Å². The van der Waals surface area contributed by atoms with Gasteiger partial charge < -0.3 is 60.2 Å². The number of carboxylic acids is 1. The van der Waals surface area contributed by atoms with Crippen molar-refractivity contribution in [3.8, 4) is 18.1 Å². The van der Waals surface area contributed by atoms with E-state index in [4.69, 9.17) is 46.1 Å². The first-order valence-electron chi connectivity index (χ1n) is 13.4. The minimum absolute atomic E-state index is 0.0177. The number of halogens is 1. The lowest BCUT2D eigenvalue weighted by atomic mass is 10.1. The number of rotatable bonds is 18. The number of hydrogen-bond donors (Lipinski definition) is 6. The van der Waals surface area contributed by atoms with Crippen LogP contribution in [0, 0.1) is 12.3 Å². The Labute approximate surface area is 251 Å². The lowest BCUT2D eigenvalue weighted by Gasteiger charge is -2.31. The Bertz CT molecular complexity index is 964. The SMILES string of the molecule is C#CCOCCOCCOCC(=O)NC(C=O)CCN.CNc1ccc(OC2CC(O)CC(C(=O)O)O2)c(CF)c1.CO. The Morgan fingerprint density at radius 3 is 2.47 bits per heavy atom. The Hall–Kier alpha value is -3.36. The van der Waals surface area contributed by atoms with Gasteiger partial charge in [-0.15, -0.1) is 6.42 Å². The molecule has 43 heavy (non-hydrogen) atoms. The number of hydrogen-bond acceptors (Lipinski definition) is 12. The van der Waals surface area contributed by atoms with Crippen LogP contribution < -0.4 is 21.1 Å². The van der Waals surface area contributed by atoms with Gasteiger partial charge >= 0.3 is 5.97 Å². The zero-order chi connectivity index (χ0) is 32.5. The van der Waals surface area contributed by atoms with Gasteiger partial charge in [0.25, 0.3) is 0 Å². The molecule has 1 aliphatic rings. The van der Waals surface area contributed by atoms with Gasteiger partial charge in [-0.1, -0.05) is 5.92 Å². The zero-order valence-corrected chi connectivity index (χ0v) is 24.5. The summed E-state index contributed by atoms with van der Waals surface area (Å²) >= 11 is 0. The highest BCUT2D eigenvalue weighted by atomic mass is 19.1. The molecule has 1 heterocycles. The monoisotopic (exact) mass is 617 g/mol. The molecule has 1 saturated heterocycles. The largest absolute Gasteiger partial charge is 0.479 e. The fourth-order valence-electron chi connectivity index (χ4n) is 3.43. The Kier molecular flexibility index (Phi) is 23.2. The van der Waals surface area contributed by atoms with E-state index < -0.39 is 37.2 Å². The minimum Gasteiger partial charge on any atom is -0.479 e. The molecule has 244 valence electrons. The molecular formula is C28H44FN3O11. The number of nitrogens with one attached hydrogen (secondary N) is 2. The molecule has 1 fully saturated rings. The molecular weight excluding hydrogens is 573 g/mol. The lowest BCUT2D eigenvalue weighted by molar-refractivity contribution is -0.195. The van der Waals surface area contributed by atoms with E-state index in [2.05, 4.69) is 16.6 Å². The number of terminal acetylenes is 1. The van der Waals surface area contributed by atoms with Gasteiger partial charge in [-0.25, -0.2) is 9.18 Å². The van der Waals surface area contributed by atoms with Gasteiger partial charge in [-0.3, -0.25) is 4.79 Å². The van der Waals surface area contributed by atoms with Crippen molar-refractivity contribution in [3.05, 3.63) is 23.8 Å². The molecule has 15 heteroatoms. The van der Waals surface area contributed by atoms with Gasteiger partial charge in [0.05, 0.1) is 38.6 Å². The number of carboxylic acid groups (broad SMARTS) is 1. The molecule has 0 aromatic heterocycles. The highest BCUT2D eigenvalue weighted by Crippen LogP contribution is 2.28. The number of benzene rings is 1. The fourth-order valence-corrected chi connectivity index (χ4v) is 3.43. The fraction of sp³-hybridized carbons (Fsp3) is 0.607. The van der Waals surface area contributed by atoms with Crippen molar-refractivity contribution in [1.82, 2.24) is 5.32 Å². The van der Waals surface area contributed by atoms with Crippen LogP contribution in [0.5, 0.6) is 5.75 Å². The quantitative estimate of drug-likeness (QED) is 0.0720. The van der Waals surface area contributed by atoms with Crippen molar-refractivity contribution in [1.29, 1.82) is 0 Å². The minimum atomic E-state index is -1.15. The van der Waals surface area contributed by atoms with Crippen LogP contribution in [0.15, 0.2) is 18.2 Å². The number of nitrogens with two attached hydrogens (primary N) is 1. The van der Waals surface area contributed by atoms with Crippen molar-refractivity contribution >= 4 is 23.9 Å². The van der Waals surface area contributed by atoms with Crippen molar-refractivity contribution in [2.45, 2.75) is 50.5 Å². The number of aliphatic carboxylic acids is 1. The number of aliphatic hydroxyl groups excluding tert-OH is 2. The molecule has 0 saturated carbocycles. The first kappa shape index (κ1) is 39.6. The number of anilines is 1. The summed E-state index contributed by atoms with van der Waals surface area (Å²) in [6.07, 6.45) is 3.37. The Morgan fingerprint density at radius 1 is 1.21 bits per heavy atom. The van der Waals surface area contributed by atoms with Crippen LogP contribution in [-0.4, -0.2) is 118 Å². The molecule has 0 aliphatic carbocycles. The second kappa shape index (κ2) is 25.2. The number of carbonyl (C=O) groups is 3. The van der Waals surface area contributed by atoms with Crippen LogP contribution in [0.25, 0.3) is 0 Å². The van der Waals surface area contributed by atoms with Gasteiger partial charge in [0, 0.05) is 38.2 Å². The molecule has 4 atom stereocenters. The predicted molar refractivity (Wildman–Crippen MR) is 154 cm³/mol. The third kappa shape index (κ3) is 18.0. The molecule has 4 unspecified atom stereocenters. The highest BCUT2D eigenvalue weighted by Gasteiger charge is 2.34. The average molecular weight is 618 g/mol. The summed E-state index contributed by atoms with van der Waals surface area (Å²) in [5.41, 5.74) is 6.37. The van der Waals surface area contributed by atoms with Crippen LogP contribution >= 0.6 is 0 Å². The number of alkyl halides is 1. The molecule has 1 amide bonds. The van der Waals surface area contributed by atoms with Gasteiger partial charge in [0.2, 0.25) is 12.2 Å². The van der Waals surface area contributed by atoms with Gasteiger partial charge in [-0.05, 0) is 31.2 Å². The first-order chi connectivity index (χ1) is 20.8.